The fourth-order valence-electron chi connectivity index (χ4n) is 2.39. The Morgan fingerprint density at radius 2 is 1.59 bits per heavy atom. The molecule has 0 radical (unpaired) electrons. The van der Waals surface area contributed by atoms with E-state index in [0.29, 0.717) is 0 Å². The van der Waals surface area contributed by atoms with E-state index < -0.39 is 54.2 Å². The van der Waals surface area contributed by atoms with Gasteiger partial charge in [-0.15, -0.1) is 0 Å². The Balaban J connectivity index is 2.80. The summed E-state index contributed by atoms with van der Waals surface area (Å²) in [5, 5.41) is 22.7. The van der Waals surface area contributed by atoms with E-state index in [9.17, 15) is 19.2 Å². The van der Waals surface area contributed by atoms with E-state index in [-0.39, 0.29) is 6.42 Å². The highest BCUT2D eigenvalue weighted by Crippen LogP contribution is 2.05. The summed E-state index contributed by atoms with van der Waals surface area (Å²) in [6, 6.07) is 5.34. The van der Waals surface area contributed by atoms with Gasteiger partial charge in [0, 0.05) is 0 Å². The molecule has 0 bridgehead atoms. The van der Waals surface area contributed by atoms with E-state index in [1.807, 2.05) is 6.07 Å². The SMILES string of the molecule is CC(C)[C@H](NC(=O)[C@H](CC(=O)O)NC(=O)[C@@H](N)Cc1ccccc1)C(=O)O. The summed E-state index contributed by atoms with van der Waals surface area (Å²) in [7, 11) is 0. The molecule has 27 heavy (non-hydrogen) atoms. The van der Waals surface area contributed by atoms with E-state index in [4.69, 9.17) is 15.9 Å². The molecule has 148 valence electrons. The van der Waals surface area contributed by atoms with E-state index in [1.165, 1.54) is 0 Å². The van der Waals surface area contributed by atoms with Crippen molar-refractivity contribution in [3.8, 4) is 0 Å². The minimum Gasteiger partial charge on any atom is -0.481 e. The normalized spacial score (nSPS) is 14.1. The molecular formula is C18H25N3O6. The van der Waals surface area contributed by atoms with Crippen LogP contribution < -0.4 is 16.4 Å². The number of amides is 2. The van der Waals surface area contributed by atoms with Crippen molar-refractivity contribution in [2.45, 2.75) is 44.8 Å². The molecule has 3 atom stereocenters. The number of nitrogens with one attached hydrogen (secondary N) is 2. The zero-order valence-electron chi connectivity index (χ0n) is 15.2. The van der Waals surface area contributed by atoms with Crippen LogP contribution in [-0.2, 0) is 25.6 Å². The van der Waals surface area contributed by atoms with Gasteiger partial charge in [0.15, 0.2) is 0 Å². The molecule has 1 aromatic rings. The summed E-state index contributed by atoms with van der Waals surface area (Å²) < 4.78 is 0. The smallest absolute Gasteiger partial charge is 0.326 e. The number of carboxylic acid groups (broad SMARTS) is 2. The molecule has 0 aromatic heterocycles. The minimum absolute atomic E-state index is 0.206. The van der Waals surface area contributed by atoms with Gasteiger partial charge in [-0.1, -0.05) is 44.2 Å². The molecule has 6 N–H and O–H groups in total. The summed E-state index contributed by atoms with van der Waals surface area (Å²) in [6.07, 6.45) is -0.488. The molecule has 0 spiro atoms. The Labute approximate surface area is 156 Å². The number of benzene rings is 1. The highest BCUT2D eigenvalue weighted by molar-refractivity contribution is 5.94. The molecule has 0 unspecified atom stereocenters. The van der Waals surface area contributed by atoms with Gasteiger partial charge >= 0.3 is 11.9 Å². The van der Waals surface area contributed by atoms with Crippen molar-refractivity contribution < 1.29 is 29.4 Å². The maximum absolute atomic E-state index is 12.3. The van der Waals surface area contributed by atoms with Crippen LogP contribution in [0.15, 0.2) is 30.3 Å². The van der Waals surface area contributed by atoms with Gasteiger partial charge < -0.3 is 26.6 Å². The second-order valence-electron chi connectivity index (χ2n) is 6.52. The number of carboxylic acids is 2. The summed E-state index contributed by atoms with van der Waals surface area (Å²) in [5.74, 6) is -4.58. The Morgan fingerprint density at radius 3 is 2.07 bits per heavy atom. The Morgan fingerprint density at radius 1 is 1.00 bits per heavy atom. The molecule has 0 heterocycles. The first kappa shape index (κ1) is 22.1. The van der Waals surface area contributed by atoms with Crippen LogP contribution in [0.3, 0.4) is 0 Å². The lowest BCUT2D eigenvalue weighted by atomic mass is 10.0. The maximum Gasteiger partial charge on any atom is 0.326 e. The topological polar surface area (TPSA) is 159 Å². The third-order valence-corrected chi connectivity index (χ3v) is 3.88. The highest BCUT2D eigenvalue weighted by atomic mass is 16.4. The quantitative estimate of drug-likeness (QED) is 0.374. The van der Waals surface area contributed by atoms with Gasteiger partial charge in [-0.05, 0) is 17.9 Å². The van der Waals surface area contributed by atoms with Crippen molar-refractivity contribution in [3.05, 3.63) is 35.9 Å². The van der Waals surface area contributed by atoms with Crippen LogP contribution in [0.25, 0.3) is 0 Å². The third kappa shape index (κ3) is 7.45. The number of nitrogens with two attached hydrogens (primary N) is 1. The lowest BCUT2D eigenvalue weighted by Crippen LogP contribution is -2.56. The average molecular weight is 379 g/mol. The van der Waals surface area contributed by atoms with Gasteiger partial charge in [0.2, 0.25) is 11.8 Å². The Hall–Kier alpha value is -2.94. The number of hydrogen-bond donors (Lipinski definition) is 5. The molecule has 1 aromatic carbocycles. The maximum atomic E-state index is 12.3. The molecule has 9 heteroatoms. The van der Waals surface area contributed by atoms with E-state index in [0.717, 1.165) is 5.56 Å². The summed E-state index contributed by atoms with van der Waals surface area (Å²) in [6.45, 7) is 3.19. The van der Waals surface area contributed by atoms with E-state index >= 15 is 0 Å². The Kier molecular flexibility index (Phi) is 8.40. The zero-order valence-corrected chi connectivity index (χ0v) is 15.2. The third-order valence-electron chi connectivity index (χ3n) is 3.88. The first-order valence-electron chi connectivity index (χ1n) is 8.46. The van der Waals surface area contributed by atoms with Crippen molar-refractivity contribution in [2.75, 3.05) is 0 Å². The number of carbonyl (C=O) groups excluding carboxylic acids is 2. The molecule has 0 saturated heterocycles. The summed E-state index contributed by atoms with van der Waals surface area (Å²) in [4.78, 5) is 46.8. The van der Waals surface area contributed by atoms with Gasteiger partial charge in [0.1, 0.15) is 12.1 Å². The van der Waals surface area contributed by atoms with Crippen LogP contribution in [0.4, 0.5) is 0 Å². The molecular weight excluding hydrogens is 354 g/mol. The van der Waals surface area contributed by atoms with Crippen LogP contribution in [0.2, 0.25) is 0 Å². The molecule has 2 amide bonds. The molecule has 9 nitrogen and oxygen atoms in total. The van der Waals surface area contributed by atoms with Gasteiger partial charge in [0.05, 0.1) is 12.5 Å². The van der Waals surface area contributed by atoms with Crippen molar-refractivity contribution in [1.29, 1.82) is 0 Å². The predicted molar refractivity (Wildman–Crippen MR) is 96.7 cm³/mol. The summed E-state index contributed by atoms with van der Waals surface area (Å²) >= 11 is 0. The van der Waals surface area contributed by atoms with Crippen LogP contribution in [0.1, 0.15) is 25.8 Å². The fraction of sp³-hybridized carbons (Fsp3) is 0.444. The lowest BCUT2D eigenvalue weighted by molar-refractivity contribution is -0.144. The average Bonchev–Trinajstić information content (AvgIpc) is 2.58. The first-order valence-corrected chi connectivity index (χ1v) is 8.46. The lowest BCUT2D eigenvalue weighted by Gasteiger charge is -2.23. The van der Waals surface area contributed by atoms with Gasteiger partial charge in [-0.2, -0.15) is 0 Å². The molecule has 0 aliphatic carbocycles. The van der Waals surface area contributed by atoms with E-state index in [2.05, 4.69) is 10.6 Å². The molecule has 0 aliphatic rings. The van der Waals surface area contributed by atoms with Gasteiger partial charge in [-0.25, -0.2) is 4.79 Å². The van der Waals surface area contributed by atoms with Crippen molar-refractivity contribution >= 4 is 23.8 Å². The standard InChI is InChI=1S/C18H25N3O6/c1-10(2)15(18(26)27)21-17(25)13(9-14(22)23)20-16(24)12(19)8-11-6-4-3-5-7-11/h3-7,10,12-13,15H,8-9,19H2,1-2H3,(H,20,24)(H,21,25)(H,22,23)(H,26,27)/t12-,13-,15-/m0/s1. The monoisotopic (exact) mass is 379 g/mol. The number of aliphatic carboxylic acids is 2. The number of hydrogen-bond acceptors (Lipinski definition) is 5. The first-order chi connectivity index (χ1) is 12.6. The van der Waals surface area contributed by atoms with Crippen molar-refractivity contribution in [3.63, 3.8) is 0 Å². The molecule has 0 saturated carbocycles. The van der Waals surface area contributed by atoms with Gasteiger partial charge in [-0.3, -0.25) is 14.4 Å². The Bertz CT molecular complexity index is 677. The number of carbonyl (C=O) groups is 4. The van der Waals surface area contributed by atoms with Crippen molar-refractivity contribution in [1.82, 2.24) is 10.6 Å². The molecule has 0 fully saturated rings. The predicted octanol–water partition coefficient (Wildman–Crippen LogP) is -0.259. The summed E-state index contributed by atoms with van der Waals surface area (Å²) in [5.41, 5.74) is 6.65. The highest BCUT2D eigenvalue weighted by Gasteiger charge is 2.30. The van der Waals surface area contributed by atoms with E-state index in [1.54, 1.807) is 38.1 Å². The second-order valence-corrected chi connectivity index (χ2v) is 6.52. The fourth-order valence-corrected chi connectivity index (χ4v) is 2.39. The van der Waals surface area contributed by atoms with Crippen molar-refractivity contribution in [2.24, 2.45) is 11.7 Å². The molecule has 1 rings (SSSR count). The number of rotatable bonds is 10. The van der Waals surface area contributed by atoms with Crippen LogP contribution in [-0.4, -0.2) is 52.1 Å². The second kappa shape index (κ2) is 10.3. The van der Waals surface area contributed by atoms with Crippen LogP contribution in [0, 0.1) is 5.92 Å². The largest absolute Gasteiger partial charge is 0.481 e. The van der Waals surface area contributed by atoms with Crippen LogP contribution >= 0.6 is 0 Å². The minimum atomic E-state index is -1.43. The van der Waals surface area contributed by atoms with Gasteiger partial charge in [0.25, 0.3) is 0 Å². The zero-order chi connectivity index (χ0) is 20.6. The molecule has 0 aliphatic heterocycles. The van der Waals surface area contributed by atoms with Crippen LogP contribution in [0.5, 0.6) is 0 Å².